The van der Waals surface area contributed by atoms with E-state index in [0.717, 1.165) is 15.9 Å². The number of carbonyl (C=O) groups excluding carboxylic acids is 1. The first kappa shape index (κ1) is 16.6. The number of carbonyl (C=O) groups is 1. The zero-order chi connectivity index (χ0) is 17.0. The number of ether oxygens (including phenoxy) is 1. The van der Waals surface area contributed by atoms with Crippen molar-refractivity contribution in [2.45, 2.75) is 6.92 Å². The third kappa shape index (κ3) is 3.33. The lowest BCUT2D eigenvalue weighted by Crippen LogP contribution is -2.24. The van der Waals surface area contributed by atoms with Crippen LogP contribution < -0.4 is 20.7 Å². The molecule has 3 rings (SSSR count). The smallest absolute Gasteiger partial charge is 0.308 e. The van der Waals surface area contributed by atoms with E-state index in [0.29, 0.717) is 5.75 Å². The molecule has 0 N–H and O–H groups in total. The molecule has 0 saturated heterocycles. The Hall–Kier alpha value is -2.22. The van der Waals surface area contributed by atoms with Crippen molar-refractivity contribution in [3.8, 4) is 5.75 Å². The molecule has 0 fully saturated rings. The van der Waals surface area contributed by atoms with Gasteiger partial charge in [0.1, 0.15) is 5.75 Å². The van der Waals surface area contributed by atoms with Gasteiger partial charge in [0.05, 0.1) is 0 Å². The summed E-state index contributed by atoms with van der Waals surface area (Å²) < 4.78 is 5.13. The Labute approximate surface area is 147 Å². The van der Waals surface area contributed by atoms with Crippen LogP contribution in [0.4, 0.5) is 0 Å². The van der Waals surface area contributed by atoms with Crippen molar-refractivity contribution in [2.75, 3.05) is 0 Å². The van der Waals surface area contributed by atoms with Crippen LogP contribution >= 0.6 is 6.04 Å². The fourth-order valence-corrected chi connectivity index (χ4v) is 6.36. The van der Waals surface area contributed by atoms with Gasteiger partial charge in [0, 0.05) is 13.0 Å². The molecule has 120 valence electrons. The normalized spacial score (nSPS) is 11.0. The molecule has 0 aromatic heterocycles. The second-order valence-corrected chi connectivity index (χ2v) is 9.78. The van der Waals surface area contributed by atoms with Crippen LogP contribution in [-0.4, -0.2) is 5.97 Å². The molecule has 0 atom stereocenters. The average molecular weight is 352 g/mol. The Morgan fingerprint density at radius 3 is 1.58 bits per heavy atom. The minimum Gasteiger partial charge on any atom is -0.427 e. The van der Waals surface area contributed by atoms with Crippen molar-refractivity contribution >= 4 is 39.7 Å². The predicted octanol–water partition coefficient (Wildman–Crippen LogP) is 3.37. The van der Waals surface area contributed by atoms with Gasteiger partial charge in [-0.1, -0.05) is 72.5 Å². The first-order valence-corrected chi connectivity index (χ1v) is 10.4. The summed E-state index contributed by atoms with van der Waals surface area (Å²) in [5, 5.41) is 3.36. The van der Waals surface area contributed by atoms with Crippen LogP contribution in [0.2, 0.25) is 0 Å². The Kier molecular flexibility index (Phi) is 4.94. The zero-order valence-electron chi connectivity index (χ0n) is 13.3. The van der Waals surface area contributed by atoms with Crippen molar-refractivity contribution in [3.63, 3.8) is 0 Å². The number of rotatable bonds is 4. The van der Waals surface area contributed by atoms with Crippen molar-refractivity contribution in [1.29, 1.82) is 0 Å². The zero-order valence-corrected chi connectivity index (χ0v) is 15.0. The molecule has 24 heavy (non-hydrogen) atoms. The third-order valence-electron chi connectivity index (χ3n) is 3.70. The maximum Gasteiger partial charge on any atom is 0.308 e. The number of esters is 1. The van der Waals surface area contributed by atoms with E-state index >= 15 is 0 Å². The highest BCUT2D eigenvalue weighted by molar-refractivity contribution is 8.25. The maximum atomic E-state index is 11.1. The van der Waals surface area contributed by atoms with Crippen LogP contribution in [0.3, 0.4) is 0 Å². The van der Waals surface area contributed by atoms with Gasteiger partial charge in [-0.25, -0.2) is 0 Å². The molecule has 0 radical (unpaired) electrons. The lowest BCUT2D eigenvalue weighted by Gasteiger charge is -2.24. The molecule has 0 aliphatic heterocycles. The van der Waals surface area contributed by atoms with E-state index in [1.807, 2.05) is 60.7 Å². The third-order valence-corrected chi connectivity index (χ3v) is 8.67. The molecule has 3 aromatic rings. The van der Waals surface area contributed by atoms with E-state index in [2.05, 4.69) is 24.3 Å². The highest BCUT2D eigenvalue weighted by atomic mass is 32.4. The number of hydrogen-bond acceptors (Lipinski definition) is 3. The standard InChI is InChI=1S/C20H17O2PS/c1-16(21)22-17-12-14-20(15-13-17)23(24,18-8-4-2-5-9-18)19-10-6-3-7-11-19/h2-15H,1H3. The average Bonchev–Trinajstić information content (AvgIpc) is 2.63. The van der Waals surface area contributed by atoms with Crippen molar-refractivity contribution in [2.24, 2.45) is 0 Å². The largest absolute Gasteiger partial charge is 0.427 e. The summed E-state index contributed by atoms with van der Waals surface area (Å²) >= 11 is 6.24. The molecule has 0 aliphatic rings. The van der Waals surface area contributed by atoms with Crippen LogP contribution in [0, 0.1) is 0 Å². The summed E-state index contributed by atoms with van der Waals surface area (Å²) in [6.45, 7) is 1.40. The molecule has 0 heterocycles. The SMILES string of the molecule is CC(=O)Oc1ccc(P(=S)(c2ccccc2)c2ccccc2)cc1. The molecule has 0 saturated carbocycles. The predicted molar refractivity (Wildman–Crippen MR) is 104 cm³/mol. The monoisotopic (exact) mass is 352 g/mol. The van der Waals surface area contributed by atoms with E-state index in [1.54, 1.807) is 0 Å². The van der Waals surface area contributed by atoms with E-state index < -0.39 is 6.04 Å². The van der Waals surface area contributed by atoms with E-state index in [-0.39, 0.29) is 5.97 Å². The maximum absolute atomic E-state index is 11.1. The minimum absolute atomic E-state index is 0.326. The molecular formula is C20H17O2PS. The summed E-state index contributed by atoms with van der Waals surface area (Å²) in [4.78, 5) is 11.1. The van der Waals surface area contributed by atoms with Gasteiger partial charge >= 0.3 is 5.97 Å². The summed E-state index contributed by atoms with van der Waals surface area (Å²) in [6, 6.07) is 25.9. The van der Waals surface area contributed by atoms with E-state index in [4.69, 9.17) is 16.5 Å². The Balaban J connectivity index is 2.13. The first-order valence-electron chi connectivity index (χ1n) is 7.61. The molecular weight excluding hydrogens is 335 g/mol. The Morgan fingerprint density at radius 1 is 0.750 bits per heavy atom. The highest BCUT2D eigenvalue weighted by Crippen LogP contribution is 2.42. The van der Waals surface area contributed by atoms with E-state index in [1.165, 1.54) is 6.92 Å². The molecule has 0 amide bonds. The number of hydrogen-bond donors (Lipinski definition) is 0. The highest BCUT2D eigenvalue weighted by Gasteiger charge is 2.24. The molecule has 0 bridgehead atoms. The van der Waals surface area contributed by atoms with Crippen LogP contribution in [0.25, 0.3) is 0 Å². The second-order valence-electron chi connectivity index (χ2n) is 5.37. The lowest BCUT2D eigenvalue weighted by molar-refractivity contribution is -0.131. The lowest BCUT2D eigenvalue weighted by atomic mass is 10.3. The first-order chi connectivity index (χ1) is 11.6. The van der Waals surface area contributed by atoms with Crippen LogP contribution in [0.1, 0.15) is 6.92 Å². The Bertz CT molecular complexity index is 831. The summed E-state index contributed by atoms with van der Waals surface area (Å²) in [6.07, 6.45) is 0. The molecule has 3 aromatic carbocycles. The minimum atomic E-state index is -2.14. The summed E-state index contributed by atoms with van der Waals surface area (Å²) in [5.41, 5.74) is 0. The van der Waals surface area contributed by atoms with Gasteiger partial charge in [0.15, 0.2) is 0 Å². The van der Waals surface area contributed by atoms with Crippen molar-refractivity contribution in [1.82, 2.24) is 0 Å². The van der Waals surface area contributed by atoms with Gasteiger partial charge in [0.25, 0.3) is 0 Å². The fraction of sp³-hybridized carbons (Fsp3) is 0.0500. The fourth-order valence-electron chi connectivity index (χ4n) is 2.61. The number of benzene rings is 3. The molecule has 0 spiro atoms. The summed E-state index contributed by atoms with van der Waals surface area (Å²) in [5.74, 6) is 0.210. The molecule has 0 aliphatic carbocycles. The quantitative estimate of drug-likeness (QED) is 0.409. The van der Waals surface area contributed by atoms with Crippen molar-refractivity contribution in [3.05, 3.63) is 84.9 Å². The molecule has 0 unspecified atom stereocenters. The van der Waals surface area contributed by atoms with Gasteiger partial charge in [0.2, 0.25) is 0 Å². The van der Waals surface area contributed by atoms with Crippen LogP contribution in [0.5, 0.6) is 5.75 Å². The van der Waals surface area contributed by atoms with Gasteiger partial charge in [-0.05, 0) is 40.2 Å². The summed E-state index contributed by atoms with van der Waals surface area (Å²) in [7, 11) is 0. The van der Waals surface area contributed by atoms with E-state index in [9.17, 15) is 4.79 Å². The second kappa shape index (κ2) is 7.12. The van der Waals surface area contributed by atoms with Gasteiger partial charge in [-0.15, -0.1) is 0 Å². The Morgan fingerprint density at radius 2 is 1.17 bits per heavy atom. The molecule has 2 nitrogen and oxygen atoms in total. The van der Waals surface area contributed by atoms with Gasteiger partial charge < -0.3 is 4.74 Å². The molecule has 4 heteroatoms. The van der Waals surface area contributed by atoms with Gasteiger partial charge in [-0.2, -0.15) is 0 Å². The van der Waals surface area contributed by atoms with Crippen LogP contribution in [-0.2, 0) is 16.6 Å². The van der Waals surface area contributed by atoms with Gasteiger partial charge in [-0.3, -0.25) is 4.79 Å². The van der Waals surface area contributed by atoms with Crippen molar-refractivity contribution < 1.29 is 9.53 Å². The van der Waals surface area contributed by atoms with Crippen LogP contribution in [0.15, 0.2) is 84.9 Å². The topological polar surface area (TPSA) is 26.3 Å².